The molecule has 2 aromatic heterocycles. The first-order chi connectivity index (χ1) is 12.4. The van der Waals surface area contributed by atoms with Gasteiger partial charge in [-0.3, -0.25) is 0 Å². The quantitative estimate of drug-likeness (QED) is 0.644. The van der Waals surface area contributed by atoms with Crippen LogP contribution in [-0.4, -0.2) is 55.8 Å². The Balaban J connectivity index is 1.43. The van der Waals surface area contributed by atoms with E-state index in [-0.39, 0.29) is 10.9 Å². The van der Waals surface area contributed by atoms with Gasteiger partial charge in [-0.05, 0) is 24.6 Å². The smallest absolute Gasteiger partial charge is 0.243 e. The molecule has 11 heteroatoms. The number of nitrogens with zero attached hydrogens (tertiary/aromatic N) is 7. The van der Waals surface area contributed by atoms with Gasteiger partial charge in [0.1, 0.15) is 12.2 Å². The van der Waals surface area contributed by atoms with Crippen LogP contribution in [0.4, 0.5) is 0 Å². The van der Waals surface area contributed by atoms with E-state index in [1.165, 1.54) is 15.2 Å². The van der Waals surface area contributed by atoms with Crippen LogP contribution in [0, 0.1) is 6.92 Å². The molecule has 0 aliphatic carbocycles. The number of aryl methyl sites for hydroxylation is 1. The maximum Gasteiger partial charge on any atom is 0.243 e. The third-order valence-electron chi connectivity index (χ3n) is 4.31. The fraction of sp³-hybridized carbons (Fsp3) is 0.333. The van der Waals surface area contributed by atoms with Crippen LogP contribution in [0.2, 0.25) is 5.02 Å². The molecule has 9 nitrogen and oxygen atoms in total. The van der Waals surface area contributed by atoms with Crippen molar-refractivity contribution in [3.05, 3.63) is 53.1 Å². The largest absolute Gasteiger partial charge is 0.246 e. The zero-order valence-electron chi connectivity index (χ0n) is 13.9. The normalized spacial score (nSPS) is 15.9. The number of aromatic nitrogens is 6. The van der Waals surface area contributed by atoms with Gasteiger partial charge in [0.25, 0.3) is 0 Å². The number of halogens is 1. The zero-order valence-corrected chi connectivity index (χ0v) is 15.5. The summed E-state index contributed by atoms with van der Waals surface area (Å²) in [5, 5.41) is 16.7. The van der Waals surface area contributed by atoms with Crippen molar-refractivity contribution in [1.29, 1.82) is 0 Å². The van der Waals surface area contributed by atoms with Crippen molar-refractivity contribution in [2.75, 3.05) is 13.1 Å². The number of rotatable bonds is 5. The van der Waals surface area contributed by atoms with E-state index in [0.717, 1.165) is 5.56 Å². The summed E-state index contributed by atoms with van der Waals surface area (Å²) < 4.78 is 28.4. The summed E-state index contributed by atoms with van der Waals surface area (Å²) in [6.45, 7) is 2.94. The lowest BCUT2D eigenvalue weighted by molar-refractivity contribution is 0.189. The monoisotopic (exact) mass is 393 g/mol. The minimum atomic E-state index is -3.55. The average molecular weight is 394 g/mol. The van der Waals surface area contributed by atoms with Crippen molar-refractivity contribution in [3.63, 3.8) is 0 Å². The Kier molecular flexibility index (Phi) is 4.25. The second kappa shape index (κ2) is 6.45. The summed E-state index contributed by atoms with van der Waals surface area (Å²) in [7, 11) is -3.55. The Morgan fingerprint density at radius 1 is 1.23 bits per heavy atom. The highest BCUT2D eigenvalue weighted by Crippen LogP contribution is 2.29. The molecular formula is C15H16ClN7O2S. The Bertz CT molecular complexity index is 1030. The molecule has 0 bridgehead atoms. The summed E-state index contributed by atoms with van der Waals surface area (Å²) in [6, 6.07) is 4.73. The minimum Gasteiger partial charge on any atom is -0.246 e. The van der Waals surface area contributed by atoms with Gasteiger partial charge in [-0.25, -0.2) is 13.1 Å². The lowest BCUT2D eigenvalue weighted by atomic mass is 10.2. The molecule has 1 saturated heterocycles. The van der Waals surface area contributed by atoms with Gasteiger partial charge in [0.2, 0.25) is 10.0 Å². The number of hydrogen-bond acceptors (Lipinski definition) is 6. The first-order valence-electron chi connectivity index (χ1n) is 7.94. The first kappa shape index (κ1) is 17.1. The van der Waals surface area contributed by atoms with Crippen molar-refractivity contribution in [1.82, 2.24) is 34.3 Å². The van der Waals surface area contributed by atoms with E-state index in [9.17, 15) is 8.42 Å². The fourth-order valence-corrected chi connectivity index (χ4v) is 4.48. The minimum absolute atomic E-state index is 0.0440. The van der Waals surface area contributed by atoms with E-state index in [2.05, 4.69) is 20.5 Å². The highest BCUT2D eigenvalue weighted by Gasteiger charge is 2.38. The summed E-state index contributed by atoms with van der Waals surface area (Å²) in [6.07, 6.45) is 4.98. The van der Waals surface area contributed by atoms with Crippen LogP contribution >= 0.6 is 11.6 Å². The van der Waals surface area contributed by atoms with Gasteiger partial charge in [-0.1, -0.05) is 22.9 Å². The molecule has 0 N–H and O–H groups in total. The molecule has 0 unspecified atom stereocenters. The molecule has 0 amide bonds. The molecule has 0 atom stereocenters. The van der Waals surface area contributed by atoms with E-state index in [4.69, 9.17) is 11.6 Å². The highest BCUT2D eigenvalue weighted by molar-refractivity contribution is 7.89. The van der Waals surface area contributed by atoms with Crippen LogP contribution in [0.5, 0.6) is 0 Å². The lowest BCUT2D eigenvalue weighted by Gasteiger charge is -2.37. The van der Waals surface area contributed by atoms with E-state index < -0.39 is 10.0 Å². The van der Waals surface area contributed by atoms with E-state index in [1.54, 1.807) is 35.4 Å². The van der Waals surface area contributed by atoms with Crippen LogP contribution in [0.25, 0.3) is 0 Å². The van der Waals surface area contributed by atoms with Gasteiger partial charge in [0.15, 0.2) is 0 Å². The van der Waals surface area contributed by atoms with Crippen LogP contribution in [0.15, 0.2) is 41.7 Å². The summed E-state index contributed by atoms with van der Waals surface area (Å²) in [5.74, 6) is 0. The molecule has 1 aliphatic rings. The zero-order chi connectivity index (χ0) is 18.3. The van der Waals surface area contributed by atoms with Crippen molar-refractivity contribution in [2.45, 2.75) is 24.4 Å². The maximum atomic E-state index is 12.7. The molecule has 3 heterocycles. The van der Waals surface area contributed by atoms with Crippen LogP contribution in [0.3, 0.4) is 0 Å². The van der Waals surface area contributed by atoms with Gasteiger partial charge in [0, 0.05) is 18.1 Å². The Morgan fingerprint density at radius 3 is 2.65 bits per heavy atom. The van der Waals surface area contributed by atoms with E-state index in [1.807, 2.05) is 6.92 Å². The Hall–Kier alpha value is -2.30. The first-order valence-corrected chi connectivity index (χ1v) is 9.76. The third-order valence-corrected chi connectivity index (χ3v) is 6.55. The van der Waals surface area contributed by atoms with Gasteiger partial charge >= 0.3 is 0 Å². The molecule has 4 rings (SSSR count). The molecular weight excluding hydrogens is 378 g/mol. The third kappa shape index (κ3) is 3.11. The summed E-state index contributed by atoms with van der Waals surface area (Å²) >= 11 is 6.05. The van der Waals surface area contributed by atoms with Gasteiger partial charge in [-0.2, -0.15) is 19.3 Å². The molecule has 26 heavy (non-hydrogen) atoms. The fourth-order valence-electron chi connectivity index (χ4n) is 2.70. The van der Waals surface area contributed by atoms with Crippen molar-refractivity contribution >= 4 is 21.6 Å². The Labute approximate surface area is 155 Å². The number of benzene rings is 1. The van der Waals surface area contributed by atoms with Crippen molar-refractivity contribution in [2.24, 2.45) is 0 Å². The van der Waals surface area contributed by atoms with Gasteiger partial charge in [-0.15, -0.1) is 5.10 Å². The number of sulfonamides is 1. The molecule has 1 aromatic carbocycles. The highest BCUT2D eigenvalue weighted by atomic mass is 35.5. The predicted molar refractivity (Wildman–Crippen MR) is 93.1 cm³/mol. The van der Waals surface area contributed by atoms with Crippen LogP contribution in [0.1, 0.15) is 17.3 Å². The number of hydrogen-bond donors (Lipinski definition) is 0. The van der Waals surface area contributed by atoms with Crippen molar-refractivity contribution < 1.29 is 8.42 Å². The standard InChI is InChI=1S/C15H16ClN7O2S/c1-11-2-3-14(6-15(11)16)26(24,25)21-9-13(10-21)22-7-12(19-20-22)8-23-17-4-5-18-23/h2-7,13H,8-10H2,1H3. The van der Waals surface area contributed by atoms with E-state index >= 15 is 0 Å². The lowest BCUT2D eigenvalue weighted by Crippen LogP contribution is -2.50. The second-order valence-corrected chi connectivity index (χ2v) is 8.48. The molecule has 1 fully saturated rings. The molecule has 0 radical (unpaired) electrons. The summed E-state index contributed by atoms with van der Waals surface area (Å²) in [4.78, 5) is 1.71. The molecule has 0 saturated carbocycles. The Morgan fingerprint density at radius 2 is 1.96 bits per heavy atom. The van der Waals surface area contributed by atoms with E-state index in [0.29, 0.717) is 30.4 Å². The molecule has 0 spiro atoms. The van der Waals surface area contributed by atoms with Crippen LogP contribution < -0.4 is 0 Å². The predicted octanol–water partition coefficient (Wildman–Crippen LogP) is 1.13. The maximum absolute atomic E-state index is 12.7. The van der Waals surface area contributed by atoms with Gasteiger partial charge < -0.3 is 0 Å². The van der Waals surface area contributed by atoms with Crippen LogP contribution in [-0.2, 0) is 16.6 Å². The molecule has 1 aliphatic heterocycles. The second-order valence-electron chi connectivity index (χ2n) is 6.14. The average Bonchev–Trinajstić information content (AvgIpc) is 3.21. The topological polar surface area (TPSA) is 98.8 Å². The SMILES string of the molecule is Cc1ccc(S(=O)(=O)N2CC(n3cc(Cn4nccn4)nn3)C2)cc1Cl. The molecule has 3 aromatic rings. The molecule has 136 valence electrons. The van der Waals surface area contributed by atoms with Crippen molar-refractivity contribution in [3.8, 4) is 0 Å². The summed E-state index contributed by atoms with van der Waals surface area (Å²) in [5.41, 5.74) is 1.56. The van der Waals surface area contributed by atoms with Gasteiger partial charge in [0.05, 0.1) is 29.5 Å².